The largest absolute Gasteiger partial charge is 0.472 e. The van der Waals surface area contributed by atoms with E-state index in [-0.39, 0.29) is 19.8 Å². The zero-order chi connectivity index (χ0) is 14.2. The number of aliphatic hydroxyl groups excluding tert-OH is 1. The second kappa shape index (κ2) is 8.22. The van der Waals surface area contributed by atoms with Gasteiger partial charge in [0.05, 0.1) is 34.4 Å². The Hall–Kier alpha value is -0.0100. The first-order valence-electron chi connectivity index (χ1n) is 5.84. The minimum Gasteiger partial charge on any atom is -0.388 e. The van der Waals surface area contributed by atoms with E-state index in [4.69, 9.17) is 9.26 Å². The molecule has 0 bridgehead atoms. The SMILES string of the molecule is CCOCC(O)COP(=O)(O)OCC[N+](C)(C)C. The van der Waals surface area contributed by atoms with Crippen molar-refractivity contribution in [2.45, 2.75) is 13.0 Å². The molecule has 2 unspecified atom stereocenters. The van der Waals surface area contributed by atoms with Crippen LogP contribution in [0.5, 0.6) is 0 Å². The molecule has 0 aliphatic carbocycles. The Labute approximate surface area is 108 Å². The van der Waals surface area contributed by atoms with Crippen molar-refractivity contribution in [3.05, 3.63) is 0 Å². The highest BCUT2D eigenvalue weighted by atomic mass is 31.2. The number of rotatable bonds is 10. The van der Waals surface area contributed by atoms with E-state index >= 15 is 0 Å². The predicted octanol–water partition coefficient (Wildman–Crippen LogP) is 0.224. The minimum absolute atomic E-state index is 0.0649. The molecule has 0 fully saturated rings. The lowest BCUT2D eigenvalue weighted by molar-refractivity contribution is -0.870. The van der Waals surface area contributed by atoms with Crippen molar-refractivity contribution in [1.29, 1.82) is 0 Å². The van der Waals surface area contributed by atoms with Gasteiger partial charge >= 0.3 is 7.82 Å². The standard InChI is InChI=1S/C10H24NO6P/c1-5-15-8-10(12)9-17-18(13,14)16-7-6-11(2,3)4/h10,12H,5-9H2,1-4H3/p+1. The molecule has 0 aromatic carbocycles. The van der Waals surface area contributed by atoms with Crippen LogP contribution in [0.25, 0.3) is 0 Å². The molecule has 110 valence electrons. The molecule has 0 aliphatic rings. The van der Waals surface area contributed by atoms with Crippen LogP contribution in [-0.2, 0) is 18.3 Å². The van der Waals surface area contributed by atoms with Gasteiger partial charge in [0.1, 0.15) is 19.3 Å². The molecule has 7 nitrogen and oxygen atoms in total. The molecular formula is C10H25NO6P+. The number of quaternary nitrogens is 1. The van der Waals surface area contributed by atoms with Gasteiger partial charge in [0.15, 0.2) is 0 Å². The summed E-state index contributed by atoms with van der Waals surface area (Å²) in [5, 5.41) is 9.36. The molecule has 0 amide bonds. The summed E-state index contributed by atoms with van der Waals surface area (Å²) in [6.45, 7) is 2.72. The Morgan fingerprint density at radius 1 is 1.22 bits per heavy atom. The van der Waals surface area contributed by atoms with Gasteiger partial charge in [0.2, 0.25) is 0 Å². The third kappa shape index (κ3) is 11.1. The lowest BCUT2D eigenvalue weighted by Crippen LogP contribution is -2.37. The summed E-state index contributed by atoms with van der Waals surface area (Å²) in [6.07, 6.45) is -0.938. The van der Waals surface area contributed by atoms with Crippen molar-refractivity contribution in [3.63, 3.8) is 0 Å². The van der Waals surface area contributed by atoms with Crippen molar-refractivity contribution in [1.82, 2.24) is 0 Å². The first-order valence-corrected chi connectivity index (χ1v) is 7.34. The van der Waals surface area contributed by atoms with Gasteiger partial charge in [-0.05, 0) is 6.92 Å². The first-order chi connectivity index (χ1) is 8.16. The summed E-state index contributed by atoms with van der Waals surface area (Å²) < 4.78 is 26.4. The maximum absolute atomic E-state index is 11.4. The smallest absolute Gasteiger partial charge is 0.388 e. The fourth-order valence-electron chi connectivity index (χ4n) is 0.950. The topological polar surface area (TPSA) is 85.2 Å². The fraction of sp³-hybridized carbons (Fsp3) is 1.00. The average Bonchev–Trinajstić information content (AvgIpc) is 2.21. The van der Waals surface area contributed by atoms with Crippen LogP contribution in [0.4, 0.5) is 0 Å². The van der Waals surface area contributed by atoms with Crippen LogP contribution in [0.2, 0.25) is 0 Å². The van der Waals surface area contributed by atoms with E-state index in [1.54, 1.807) is 6.92 Å². The van der Waals surface area contributed by atoms with Crippen LogP contribution in [0.3, 0.4) is 0 Å². The average molecular weight is 286 g/mol. The van der Waals surface area contributed by atoms with Crippen molar-refractivity contribution in [3.8, 4) is 0 Å². The number of nitrogens with zero attached hydrogens (tertiary/aromatic N) is 1. The maximum atomic E-state index is 11.4. The molecule has 18 heavy (non-hydrogen) atoms. The second-order valence-corrected chi connectivity index (χ2v) is 6.38. The highest BCUT2D eigenvalue weighted by Crippen LogP contribution is 2.43. The molecule has 0 radical (unpaired) electrons. The molecule has 2 atom stereocenters. The summed E-state index contributed by atoms with van der Waals surface area (Å²) in [5.74, 6) is 0. The molecule has 0 heterocycles. The van der Waals surface area contributed by atoms with Crippen LogP contribution in [0.1, 0.15) is 6.92 Å². The third-order valence-electron chi connectivity index (χ3n) is 1.96. The summed E-state index contributed by atoms with van der Waals surface area (Å²) in [5.41, 5.74) is 0. The van der Waals surface area contributed by atoms with Crippen molar-refractivity contribution in [2.75, 3.05) is 54.1 Å². The van der Waals surface area contributed by atoms with E-state index in [1.807, 2.05) is 21.1 Å². The third-order valence-corrected chi connectivity index (χ3v) is 2.95. The number of hydrogen-bond acceptors (Lipinski definition) is 5. The number of phosphoric ester groups is 1. The molecule has 0 saturated heterocycles. The molecule has 2 N–H and O–H groups in total. The summed E-state index contributed by atoms with van der Waals surface area (Å²) in [7, 11) is 1.74. The molecule has 0 aromatic heterocycles. The number of phosphoric acid groups is 1. The van der Waals surface area contributed by atoms with Crippen molar-refractivity contribution < 1.29 is 32.8 Å². The van der Waals surface area contributed by atoms with Crippen molar-refractivity contribution in [2.24, 2.45) is 0 Å². The van der Waals surface area contributed by atoms with Gasteiger partial charge in [0, 0.05) is 6.61 Å². The molecular weight excluding hydrogens is 261 g/mol. The van der Waals surface area contributed by atoms with Crippen LogP contribution < -0.4 is 0 Å². The fourth-order valence-corrected chi connectivity index (χ4v) is 1.70. The van der Waals surface area contributed by atoms with Crippen molar-refractivity contribution >= 4 is 7.82 Å². The molecule has 0 spiro atoms. The zero-order valence-corrected chi connectivity index (χ0v) is 12.4. The van der Waals surface area contributed by atoms with E-state index in [0.29, 0.717) is 17.6 Å². The lowest BCUT2D eigenvalue weighted by Gasteiger charge is -2.24. The Balaban J connectivity index is 3.83. The number of ether oxygens (including phenoxy) is 1. The summed E-state index contributed by atoms with van der Waals surface area (Å²) >= 11 is 0. The monoisotopic (exact) mass is 286 g/mol. The van der Waals surface area contributed by atoms with Crippen LogP contribution in [0.15, 0.2) is 0 Å². The first kappa shape index (κ1) is 18.0. The number of aliphatic hydroxyl groups is 1. The van der Waals surface area contributed by atoms with E-state index in [0.717, 1.165) is 0 Å². The zero-order valence-electron chi connectivity index (χ0n) is 11.5. The molecule has 0 aliphatic heterocycles. The van der Waals surface area contributed by atoms with E-state index in [1.165, 1.54) is 0 Å². The summed E-state index contributed by atoms with van der Waals surface area (Å²) in [6, 6.07) is 0. The normalized spacial score (nSPS) is 17.4. The molecule has 8 heteroatoms. The Morgan fingerprint density at radius 2 is 1.83 bits per heavy atom. The highest BCUT2D eigenvalue weighted by molar-refractivity contribution is 7.47. The van der Waals surface area contributed by atoms with Gasteiger partial charge in [-0.2, -0.15) is 0 Å². The van der Waals surface area contributed by atoms with E-state index in [9.17, 15) is 14.6 Å². The second-order valence-electron chi connectivity index (χ2n) is 4.92. The Kier molecular flexibility index (Phi) is 8.21. The molecule has 0 rings (SSSR count). The number of hydrogen-bond donors (Lipinski definition) is 2. The summed E-state index contributed by atoms with van der Waals surface area (Å²) in [4.78, 5) is 9.34. The van der Waals surface area contributed by atoms with Crippen LogP contribution in [0, 0.1) is 0 Å². The van der Waals surface area contributed by atoms with Crippen LogP contribution in [-0.4, -0.2) is 74.7 Å². The van der Waals surface area contributed by atoms with Gasteiger partial charge < -0.3 is 19.2 Å². The van der Waals surface area contributed by atoms with Crippen LogP contribution >= 0.6 is 7.82 Å². The van der Waals surface area contributed by atoms with Gasteiger partial charge in [-0.15, -0.1) is 0 Å². The van der Waals surface area contributed by atoms with E-state index < -0.39 is 13.9 Å². The highest BCUT2D eigenvalue weighted by Gasteiger charge is 2.23. The van der Waals surface area contributed by atoms with Gasteiger partial charge in [0.25, 0.3) is 0 Å². The van der Waals surface area contributed by atoms with Gasteiger partial charge in [-0.1, -0.05) is 0 Å². The number of likely N-dealkylation sites (N-methyl/N-ethyl adjacent to an activating group) is 1. The Bertz CT molecular complexity index is 268. The predicted molar refractivity (Wildman–Crippen MR) is 67.1 cm³/mol. The van der Waals surface area contributed by atoms with E-state index in [2.05, 4.69) is 4.52 Å². The van der Waals surface area contributed by atoms with Gasteiger partial charge in [-0.3, -0.25) is 9.05 Å². The minimum atomic E-state index is -4.09. The molecule has 0 saturated carbocycles. The molecule has 0 aromatic rings. The quantitative estimate of drug-likeness (QED) is 0.441. The maximum Gasteiger partial charge on any atom is 0.472 e. The lowest BCUT2D eigenvalue weighted by atomic mass is 10.4. The Morgan fingerprint density at radius 3 is 2.33 bits per heavy atom. The van der Waals surface area contributed by atoms with Gasteiger partial charge in [-0.25, -0.2) is 4.57 Å².